The first kappa shape index (κ1) is 22.4. The number of aromatic nitrogens is 2. The minimum absolute atomic E-state index is 0.0159. The summed E-state index contributed by atoms with van der Waals surface area (Å²) in [6, 6.07) is 15.0. The standard InChI is InChI=1S/C23H25ClN4O3S/c1-30-20-5-2-4-17(14-20)15-21-25-23(32-26-21)28-11-3-10-27(12-13-28)22(29)16-31-19-8-6-18(24)7-9-19/h2,4-9,14H,3,10-13,15-16H2,1H3. The summed E-state index contributed by atoms with van der Waals surface area (Å²) in [6.07, 6.45) is 1.53. The molecular weight excluding hydrogens is 448 g/mol. The number of carbonyl (C=O) groups excluding carboxylic acids is 1. The van der Waals surface area contributed by atoms with Crippen molar-refractivity contribution in [3.05, 3.63) is 64.9 Å². The van der Waals surface area contributed by atoms with Crippen molar-refractivity contribution < 1.29 is 14.3 Å². The highest BCUT2D eigenvalue weighted by molar-refractivity contribution is 7.09. The summed E-state index contributed by atoms with van der Waals surface area (Å²) in [5.41, 5.74) is 1.11. The molecule has 0 radical (unpaired) electrons. The summed E-state index contributed by atoms with van der Waals surface area (Å²) in [6.45, 7) is 2.92. The minimum atomic E-state index is -0.0159. The van der Waals surface area contributed by atoms with Crippen molar-refractivity contribution in [2.75, 3.05) is 44.8 Å². The monoisotopic (exact) mass is 472 g/mol. The Balaban J connectivity index is 1.30. The molecule has 4 rings (SSSR count). The Morgan fingerprint density at radius 1 is 1.09 bits per heavy atom. The van der Waals surface area contributed by atoms with Crippen molar-refractivity contribution in [2.45, 2.75) is 12.8 Å². The molecule has 0 unspecified atom stereocenters. The van der Waals surface area contributed by atoms with Gasteiger partial charge in [-0.15, -0.1) is 0 Å². The van der Waals surface area contributed by atoms with E-state index in [0.717, 1.165) is 41.8 Å². The molecule has 1 aromatic heterocycles. The van der Waals surface area contributed by atoms with Crippen molar-refractivity contribution >= 4 is 34.2 Å². The topological polar surface area (TPSA) is 67.8 Å². The van der Waals surface area contributed by atoms with Gasteiger partial charge in [0.1, 0.15) is 17.3 Å². The van der Waals surface area contributed by atoms with Crippen LogP contribution in [-0.4, -0.2) is 60.1 Å². The molecule has 9 heteroatoms. The van der Waals surface area contributed by atoms with Crippen LogP contribution < -0.4 is 14.4 Å². The van der Waals surface area contributed by atoms with Gasteiger partial charge in [-0.25, -0.2) is 4.98 Å². The van der Waals surface area contributed by atoms with Crippen LogP contribution in [0, 0.1) is 0 Å². The zero-order chi connectivity index (χ0) is 22.3. The van der Waals surface area contributed by atoms with E-state index >= 15 is 0 Å². The number of ether oxygens (including phenoxy) is 2. The number of carbonyl (C=O) groups is 1. The quantitative estimate of drug-likeness (QED) is 0.519. The normalized spacial score (nSPS) is 14.2. The summed E-state index contributed by atoms with van der Waals surface area (Å²) < 4.78 is 15.4. The largest absolute Gasteiger partial charge is 0.497 e. The molecule has 7 nitrogen and oxygen atoms in total. The molecule has 1 fully saturated rings. The molecule has 1 saturated heterocycles. The fourth-order valence-corrected chi connectivity index (χ4v) is 4.40. The Morgan fingerprint density at radius 2 is 1.94 bits per heavy atom. The van der Waals surface area contributed by atoms with Crippen LogP contribution in [0.2, 0.25) is 5.02 Å². The van der Waals surface area contributed by atoms with Gasteiger partial charge in [-0.2, -0.15) is 4.37 Å². The van der Waals surface area contributed by atoms with Gasteiger partial charge < -0.3 is 19.3 Å². The van der Waals surface area contributed by atoms with Crippen LogP contribution in [0.5, 0.6) is 11.5 Å². The molecule has 0 atom stereocenters. The zero-order valence-electron chi connectivity index (χ0n) is 17.9. The number of nitrogens with zero attached hydrogens (tertiary/aromatic N) is 4. The van der Waals surface area contributed by atoms with Gasteiger partial charge in [-0.1, -0.05) is 23.7 Å². The lowest BCUT2D eigenvalue weighted by Gasteiger charge is -2.21. The Morgan fingerprint density at radius 3 is 2.75 bits per heavy atom. The average molecular weight is 473 g/mol. The predicted octanol–water partition coefficient (Wildman–Crippen LogP) is 3.91. The maximum absolute atomic E-state index is 12.6. The second-order valence-electron chi connectivity index (χ2n) is 7.49. The van der Waals surface area contributed by atoms with Crippen molar-refractivity contribution in [1.29, 1.82) is 0 Å². The summed E-state index contributed by atoms with van der Waals surface area (Å²) >= 11 is 7.29. The Bertz CT molecular complexity index is 1040. The van der Waals surface area contributed by atoms with E-state index in [1.54, 1.807) is 31.4 Å². The number of halogens is 1. The van der Waals surface area contributed by atoms with Gasteiger partial charge in [0.15, 0.2) is 6.61 Å². The molecular formula is C23H25ClN4O3S. The Hall–Kier alpha value is -2.84. The molecule has 0 saturated carbocycles. The molecule has 0 aliphatic carbocycles. The number of hydrogen-bond donors (Lipinski definition) is 0. The fourth-order valence-electron chi connectivity index (χ4n) is 3.54. The predicted molar refractivity (Wildman–Crippen MR) is 126 cm³/mol. The zero-order valence-corrected chi connectivity index (χ0v) is 19.4. The molecule has 1 amide bonds. The second kappa shape index (κ2) is 10.7. The third kappa shape index (κ3) is 5.89. The van der Waals surface area contributed by atoms with Crippen molar-refractivity contribution in [3.8, 4) is 11.5 Å². The molecule has 1 aliphatic heterocycles. The third-order valence-electron chi connectivity index (χ3n) is 5.25. The first-order chi connectivity index (χ1) is 15.6. The number of methoxy groups -OCH3 is 1. The SMILES string of the molecule is COc1cccc(Cc2nsc(N3CCCN(C(=O)COc4ccc(Cl)cc4)CC3)n2)c1. The van der Waals surface area contributed by atoms with Gasteiger partial charge in [0.25, 0.3) is 5.91 Å². The molecule has 168 valence electrons. The van der Waals surface area contributed by atoms with Gasteiger partial charge in [0.05, 0.1) is 7.11 Å². The van der Waals surface area contributed by atoms with Gasteiger partial charge >= 0.3 is 0 Å². The highest BCUT2D eigenvalue weighted by Gasteiger charge is 2.21. The lowest BCUT2D eigenvalue weighted by molar-refractivity contribution is -0.133. The molecule has 3 aromatic rings. The van der Waals surface area contributed by atoms with E-state index < -0.39 is 0 Å². The van der Waals surface area contributed by atoms with E-state index in [1.807, 2.05) is 29.2 Å². The fraction of sp³-hybridized carbons (Fsp3) is 0.348. The molecule has 0 bridgehead atoms. The van der Waals surface area contributed by atoms with E-state index in [0.29, 0.717) is 30.3 Å². The van der Waals surface area contributed by atoms with E-state index in [9.17, 15) is 4.79 Å². The highest BCUT2D eigenvalue weighted by atomic mass is 35.5. The van der Waals surface area contributed by atoms with Crippen LogP contribution in [0.3, 0.4) is 0 Å². The summed E-state index contributed by atoms with van der Waals surface area (Å²) in [4.78, 5) is 21.4. The third-order valence-corrected chi connectivity index (χ3v) is 6.32. The number of anilines is 1. The lowest BCUT2D eigenvalue weighted by atomic mass is 10.1. The Kier molecular flexibility index (Phi) is 7.44. The Labute approximate surface area is 196 Å². The van der Waals surface area contributed by atoms with Crippen LogP contribution >= 0.6 is 23.1 Å². The first-order valence-electron chi connectivity index (χ1n) is 10.5. The lowest BCUT2D eigenvalue weighted by Crippen LogP contribution is -2.38. The molecule has 0 N–H and O–H groups in total. The van der Waals surface area contributed by atoms with Crippen molar-refractivity contribution in [1.82, 2.24) is 14.3 Å². The molecule has 2 heterocycles. The van der Waals surface area contributed by atoms with Gasteiger partial charge in [-0.3, -0.25) is 4.79 Å². The van der Waals surface area contributed by atoms with Crippen LogP contribution in [0.1, 0.15) is 17.8 Å². The summed E-state index contributed by atoms with van der Waals surface area (Å²) in [7, 11) is 1.66. The van der Waals surface area contributed by atoms with E-state index in [1.165, 1.54) is 11.5 Å². The van der Waals surface area contributed by atoms with Crippen LogP contribution in [0.25, 0.3) is 0 Å². The van der Waals surface area contributed by atoms with Gasteiger partial charge in [0.2, 0.25) is 5.13 Å². The number of hydrogen-bond acceptors (Lipinski definition) is 7. The van der Waals surface area contributed by atoms with Gasteiger partial charge in [0, 0.05) is 49.2 Å². The smallest absolute Gasteiger partial charge is 0.260 e. The van der Waals surface area contributed by atoms with Crippen molar-refractivity contribution in [3.63, 3.8) is 0 Å². The van der Waals surface area contributed by atoms with Crippen LogP contribution in [0.15, 0.2) is 48.5 Å². The second-order valence-corrected chi connectivity index (χ2v) is 8.65. The van der Waals surface area contributed by atoms with Gasteiger partial charge in [-0.05, 0) is 48.4 Å². The first-order valence-corrected chi connectivity index (χ1v) is 11.6. The van der Waals surface area contributed by atoms with Crippen LogP contribution in [0.4, 0.5) is 5.13 Å². The maximum Gasteiger partial charge on any atom is 0.260 e. The van der Waals surface area contributed by atoms with Crippen molar-refractivity contribution in [2.24, 2.45) is 0 Å². The maximum atomic E-state index is 12.6. The molecule has 32 heavy (non-hydrogen) atoms. The molecule has 0 spiro atoms. The number of rotatable bonds is 7. The number of benzene rings is 2. The van der Waals surface area contributed by atoms with E-state index in [4.69, 9.17) is 26.1 Å². The summed E-state index contributed by atoms with van der Waals surface area (Å²) in [5, 5.41) is 1.54. The average Bonchev–Trinajstić information content (AvgIpc) is 3.13. The molecule has 1 aliphatic rings. The van der Waals surface area contributed by atoms with Crippen LogP contribution in [-0.2, 0) is 11.2 Å². The summed E-state index contributed by atoms with van der Waals surface area (Å²) in [5.74, 6) is 2.25. The number of amides is 1. The van der Waals surface area contributed by atoms with E-state index in [-0.39, 0.29) is 12.5 Å². The minimum Gasteiger partial charge on any atom is -0.497 e. The molecule has 2 aromatic carbocycles. The van der Waals surface area contributed by atoms with E-state index in [2.05, 4.69) is 9.27 Å². The highest BCUT2D eigenvalue weighted by Crippen LogP contribution is 2.22.